The summed E-state index contributed by atoms with van der Waals surface area (Å²) >= 11 is 0. The number of ether oxygens (including phenoxy) is 1. The standard InChI is InChI=1S/C27H23F4N3O5/c1-14-19-6-4-15(26(37)32-11-20-22(30)8-17(28)9-23(20)31)7-24(19)34(27(38)33(14)2)12-16-3-5-18(10-21(16)29)39-13-25(35)36/h3-10,14H,11-13H2,1-2H3,(H,32,37)(H,35,36). The maximum absolute atomic E-state index is 14.8. The van der Waals surface area contributed by atoms with Gasteiger partial charge in [0.1, 0.15) is 29.0 Å². The highest BCUT2D eigenvalue weighted by Gasteiger charge is 2.34. The third-order valence-corrected chi connectivity index (χ3v) is 6.39. The molecule has 0 aromatic heterocycles. The molecule has 0 saturated heterocycles. The Labute approximate surface area is 220 Å². The number of carboxylic acids is 1. The molecule has 0 bridgehead atoms. The Kier molecular flexibility index (Phi) is 7.75. The van der Waals surface area contributed by atoms with Gasteiger partial charge in [-0.05, 0) is 30.7 Å². The second-order valence-electron chi connectivity index (χ2n) is 8.90. The quantitative estimate of drug-likeness (QED) is 0.398. The zero-order valence-corrected chi connectivity index (χ0v) is 20.8. The molecule has 0 spiro atoms. The third-order valence-electron chi connectivity index (χ3n) is 6.39. The highest BCUT2D eigenvalue weighted by atomic mass is 19.1. The summed E-state index contributed by atoms with van der Waals surface area (Å²) in [5, 5.41) is 11.1. The Hall–Kier alpha value is -4.61. The fraction of sp³-hybridized carbons (Fsp3) is 0.222. The first-order valence-corrected chi connectivity index (χ1v) is 11.7. The molecule has 1 aliphatic heterocycles. The summed E-state index contributed by atoms with van der Waals surface area (Å²) in [5.74, 6) is -6.03. The summed E-state index contributed by atoms with van der Waals surface area (Å²) in [6, 6.07) is 8.46. The van der Waals surface area contributed by atoms with Crippen molar-refractivity contribution in [2.75, 3.05) is 18.6 Å². The van der Waals surface area contributed by atoms with Gasteiger partial charge in [0.25, 0.3) is 5.91 Å². The van der Waals surface area contributed by atoms with Crippen molar-refractivity contribution in [2.45, 2.75) is 26.1 Å². The molecule has 3 aromatic carbocycles. The highest BCUT2D eigenvalue weighted by Crippen LogP contribution is 2.37. The number of carbonyl (C=O) groups excluding carboxylic acids is 2. The number of halogens is 4. The molecule has 1 heterocycles. The van der Waals surface area contributed by atoms with Crippen LogP contribution in [0, 0.1) is 23.3 Å². The summed E-state index contributed by atoms with van der Waals surface area (Å²) in [4.78, 5) is 39.4. The van der Waals surface area contributed by atoms with E-state index < -0.39 is 59.9 Å². The zero-order chi connectivity index (χ0) is 28.4. The molecule has 1 atom stereocenters. The maximum atomic E-state index is 14.8. The number of hydrogen-bond acceptors (Lipinski definition) is 4. The number of aliphatic carboxylic acids is 1. The molecule has 39 heavy (non-hydrogen) atoms. The number of benzene rings is 3. The van der Waals surface area contributed by atoms with Crippen molar-refractivity contribution in [1.82, 2.24) is 10.2 Å². The van der Waals surface area contributed by atoms with E-state index in [1.165, 1.54) is 34.1 Å². The van der Waals surface area contributed by atoms with Crippen molar-refractivity contribution in [1.29, 1.82) is 0 Å². The Balaban J connectivity index is 1.60. The van der Waals surface area contributed by atoms with E-state index in [4.69, 9.17) is 9.84 Å². The van der Waals surface area contributed by atoms with Crippen molar-refractivity contribution < 1.29 is 41.8 Å². The van der Waals surface area contributed by atoms with Crippen molar-refractivity contribution in [2.24, 2.45) is 0 Å². The Bertz CT molecular complexity index is 1440. The van der Waals surface area contributed by atoms with Gasteiger partial charge < -0.3 is 20.1 Å². The molecule has 204 valence electrons. The first-order chi connectivity index (χ1) is 18.5. The third kappa shape index (κ3) is 5.79. The summed E-state index contributed by atoms with van der Waals surface area (Å²) in [5.41, 5.74) is 0.677. The molecule has 0 fully saturated rings. The molecular formula is C27H23F4N3O5. The van der Waals surface area contributed by atoms with E-state index in [9.17, 15) is 31.9 Å². The normalized spacial score (nSPS) is 14.7. The number of anilines is 1. The van der Waals surface area contributed by atoms with E-state index in [1.54, 1.807) is 20.0 Å². The van der Waals surface area contributed by atoms with Gasteiger partial charge in [0.2, 0.25) is 0 Å². The monoisotopic (exact) mass is 545 g/mol. The number of carboxylic acid groups (broad SMARTS) is 1. The van der Waals surface area contributed by atoms with Crippen LogP contribution in [0.3, 0.4) is 0 Å². The molecule has 0 aliphatic carbocycles. The van der Waals surface area contributed by atoms with Crippen LogP contribution in [0.1, 0.15) is 40.0 Å². The summed E-state index contributed by atoms with van der Waals surface area (Å²) in [7, 11) is 1.58. The number of nitrogens with one attached hydrogen (secondary N) is 1. The van der Waals surface area contributed by atoms with Crippen LogP contribution in [0.5, 0.6) is 5.75 Å². The van der Waals surface area contributed by atoms with E-state index in [0.717, 1.165) is 6.07 Å². The molecular weight excluding hydrogens is 522 g/mol. The SMILES string of the molecule is CC1c2ccc(C(=O)NCc3c(F)cc(F)cc3F)cc2N(Cc2ccc(OCC(=O)O)cc2F)C(=O)N1C. The van der Waals surface area contributed by atoms with Gasteiger partial charge in [-0.1, -0.05) is 12.1 Å². The molecule has 4 rings (SSSR count). The van der Waals surface area contributed by atoms with E-state index in [1.807, 2.05) is 0 Å². The van der Waals surface area contributed by atoms with Gasteiger partial charge in [-0.2, -0.15) is 0 Å². The van der Waals surface area contributed by atoms with Crippen LogP contribution in [0.15, 0.2) is 48.5 Å². The van der Waals surface area contributed by atoms with Gasteiger partial charge in [-0.3, -0.25) is 9.69 Å². The van der Waals surface area contributed by atoms with Gasteiger partial charge >= 0.3 is 12.0 Å². The lowest BCUT2D eigenvalue weighted by Crippen LogP contribution is -2.46. The van der Waals surface area contributed by atoms with E-state index in [-0.39, 0.29) is 29.5 Å². The number of rotatable bonds is 8. The van der Waals surface area contributed by atoms with Crippen LogP contribution in [0.25, 0.3) is 0 Å². The Morgan fingerprint density at radius 1 is 1.00 bits per heavy atom. The predicted molar refractivity (Wildman–Crippen MR) is 131 cm³/mol. The van der Waals surface area contributed by atoms with E-state index in [0.29, 0.717) is 23.4 Å². The van der Waals surface area contributed by atoms with Gasteiger partial charge in [0.15, 0.2) is 6.61 Å². The Morgan fingerprint density at radius 2 is 1.69 bits per heavy atom. The molecule has 8 nitrogen and oxygen atoms in total. The van der Waals surface area contributed by atoms with Gasteiger partial charge in [0, 0.05) is 48.5 Å². The van der Waals surface area contributed by atoms with Crippen LogP contribution in [0.4, 0.5) is 28.0 Å². The lowest BCUT2D eigenvalue weighted by Gasteiger charge is -2.39. The van der Waals surface area contributed by atoms with Crippen LogP contribution >= 0.6 is 0 Å². The number of nitrogens with zero attached hydrogens (tertiary/aromatic N) is 2. The first kappa shape index (κ1) is 27.4. The minimum Gasteiger partial charge on any atom is -0.482 e. The maximum Gasteiger partial charge on any atom is 0.341 e. The average Bonchev–Trinajstić information content (AvgIpc) is 2.88. The van der Waals surface area contributed by atoms with Crippen LogP contribution in [-0.2, 0) is 17.9 Å². The lowest BCUT2D eigenvalue weighted by atomic mass is 9.98. The average molecular weight is 545 g/mol. The second-order valence-corrected chi connectivity index (χ2v) is 8.90. The second kappa shape index (κ2) is 11.0. The van der Waals surface area contributed by atoms with Crippen LogP contribution < -0.4 is 15.0 Å². The molecule has 1 unspecified atom stereocenters. The van der Waals surface area contributed by atoms with Crippen molar-refractivity contribution in [3.8, 4) is 5.75 Å². The van der Waals surface area contributed by atoms with Crippen molar-refractivity contribution in [3.63, 3.8) is 0 Å². The number of amides is 3. The molecule has 0 saturated carbocycles. The minimum absolute atomic E-state index is 0.00254. The highest BCUT2D eigenvalue weighted by molar-refractivity contribution is 5.99. The van der Waals surface area contributed by atoms with Crippen LogP contribution in [0.2, 0.25) is 0 Å². The molecule has 2 N–H and O–H groups in total. The smallest absolute Gasteiger partial charge is 0.341 e. The number of urea groups is 1. The van der Waals surface area contributed by atoms with E-state index in [2.05, 4.69) is 5.32 Å². The Morgan fingerprint density at radius 3 is 2.33 bits per heavy atom. The van der Waals surface area contributed by atoms with Crippen molar-refractivity contribution >= 4 is 23.6 Å². The molecule has 12 heteroatoms. The minimum atomic E-state index is -1.22. The van der Waals surface area contributed by atoms with E-state index >= 15 is 0 Å². The predicted octanol–water partition coefficient (Wildman–Crippen LogP) is 4.77. The molecule has 3 amide bonds. The molecule has 0 radical (unpaired) electrons. The fourth-order valence-electron chi connectivity index (χ4n) is 4.17. The van der Waals surface area contributed by atoms with Gasteiger partial charge in [-0.25, -0.2) is 27.2 Å². The van der Waals surface area contributed by atoms with Crippen LogP contribution in [-0.4, -0.2) is 41.6 Å². The molecule has 3 aromatic rings. The van der Waals surface area contributed by atoms with Gasteiger partial charge in [-0.15, -0.1) is 0 Å². The topological polar surface area (TPSA) is 99.2 Å². The summed E-state index contributed by atoms with van der Waals surface area (Å²) in [6.07, 6.45) is 0. The van der Waals surface area contributed by atoms with Crippen molar-refractivity contribution in [3.05, 3.63) is 94.1 Å². The first-order valence-electron chi connectivity index (χ1n) is 11.7. The fourth-order valence-corrected chi connectivity index (χ4v) is 4.17. The summed E-state index contributed by atoms with van der Waals surface area (Å²) in [6.45, 7) is 0.371. The number of fused-ring (bicyclic) bond motifs is 1. The lowest BCUT2D eigenvalue weighted by molar-refractivity contribution is -0.139. The molecule has 1 aliphatic rings. The zero-order valence-electron chi connectivity index (χ0n) is 20.8. The number of carbonyl (C=O) groups is 3. The summed E-state index contributed by atoms with van der Waals surface area (Å²) < 4.78 is 60.9. The van der Waals surface area contributed by atoms with Gasteiger partial charge in [0.05, 0.1) is 18.3 Å². The number of hydrogen-bond donors (Lipinski definition) is 2. The largest absolute Gasteiger partial charge is 0.482 e.